The summed E-state index contributed by atoms with van der Waals surface area (Å²) in [5, 5.41) is 0. The van der Waals surface area contributed by atoms with Gasteiger partial charge >= 0.3 is 17.9 Å². The molecule has 0 rings (SSSR count). The zero-order valence-electron chi connectivity index (χ0n) is 34.0. The molecule has 0 radical (unpaired) electrons. The number of hydrogen-bond acceptors (Lipinski definition) is 6. The standard InChI is InChI=1S/C44H84O6/c1-6-7-8-22-29-34-42(45)48-37-41(50-44(47)36-31-26-21-20-24-28-33-40(4)5)38-49-43(46)35-30-25-19-17-15-13-11-9-10-12-14-16-18-23-27-32-39(2)3/h39-41H,6-38H2,1-5H3/t41-/m1/s1. The van der Waals surface area contributed by atoms with Crippen molar-refractivity contribution in [2.24, 2.45) is 11.8 Å². The van der Waals surface area contributed by atoms with Gasteiger partial charge in [0, 0.05) is 19.3 Å². The van der Waals surface area contributed by atoms with Crippen molar-refractivity contribution in [3.63, 3.8) is 0 Å². The van der Waals surface area contributed by atoms with E-state index in [1.165, 1.54) is 116 Å². The predicted molar refractivity (Wildman–Crippen MR) is 210 cm³/mol. The molecule has 296 valence electrons. The zero-order valence-corrected chi connectivity index (χ0v) is 34.0. The maximum Gasteiger partial charge on any atom is 0.306 e. The van der Waals surface area contributed by atoms with Crippen LogP contribution in [-0.4, -0.2) is 37.2 Å². The van der Waals surface area contributed by atoms with E-state index >= 15 is 0 Å². The van der Waals surface area contributed by atoms with Crippen LogP contribution < -0.4 is 0 Å². The lowest BCUT2D eigenvalue weighted by molar-refractivity contribution is -0.167. The van der Waals surface area contributed by atoms with Crippen LogP contribution in [0.15, 0.2) is 0 Å². The number of esters is 3. The fraction of sp³-hybridized carbons (Fsp3) is 0.932. The van der Waals surface area contributed by atoms with Gasteiger partial charge in [0.05, 0.1) is 0 Å². The molecule has 0 heterocycles. The van der Waals surface area contributed by atoms with Crippen LogP contribution in [0.3, 0.4) is 0 Å². The van der Waals surface area contributed by atoms with Gasteiger partial charge in [0.25, 0.3) is 0 Å². The molecule has 0 saturated carbocycles. The van der Waals surface area contributed by atoms with Crippen LogP contribution in [0.1, 0.15) is 234 Å². The Balaban J connectivity index is 4.11. The highest BCUT2D eigenvalue weighted by molar-refractivity contribution is 5.71. The molecule has 0 aliphatic heterocycles. The fourth-order valence-corrected chi connectivity index (χ4v) is 6.40. The molecule has 0 amide bonds. The average molecular weight is 709 g/mol. The van der Waals surface area contributed by atoms with Crippen molar-refractivity contribution >= 4 is 17.9 Å². The van der Waals surface area contributed by atoms with Gasteiger partial charge in [-0.15, -0.1) is 0 Å². The first-order valence-electron chi connectivity index (χ1n) is 21.7. The van der Waals surface area contributed by atoms with Gasteiger partial charge in [-0.05, 0) is 31.1 Å². The van der Waals surface area contributed by atoms with Gasteiger partial charge in [0.1, 0.15) is 13.2 Å². The van der Waals surface area contributed by atoms with Gasteiger partial charge in [-0.25, -0.2) is 0 Å². The van der Waals surface area contributed by atoms with Crippen LogP contribution in [0, 0.1) is 11.8 Å². The number of carbonyl (C=O) groups is 3. The van der Waals surface area contributed by atoms with Gasteiger partial charge < -0.3 is 14.2 Å². The molecular formula is C44H84O6. The first-order valence-corrected chi connectivity index (χ1v) is 21.7. The molecule has 0 unspecified atom stereocenters. The third-order valence-corrected chi connectivity index (χ3v) is 9.72. The van der Waals surface area contributed by atoms with Gasteiger partial charge in [-0.3, -0.25) is 14.4 Å². The van der Waals surface area contributed by atoms with Crippen molar-refractivity contribution in [3.05, 3.63) is 0 Å². The zero-order chi connectivity index (χ0) is 36.9. The summed E-state index contributed by atoms with van der Waals surface area (Å²) < 4.78 is 16.5. The van der Waals surface area contributed by atoms with E-state index in [0.717, 1.165) is 76.0 Å². The molecule has 6 nitrogen and oxygen atoms in total. The Kier molecular flexibility index (Phi) is 36.0. The van der Waals surface area contributed by atoms with Crippen molar-refractivity contribution in [1.82, 2.24) is 0 Å². The second kappa shape index (κ2) is 37.2. The second-order valence-electron chi connectivity index (χ2n) is 15.9. The molecule has 0 aliphatic rings. The number of ether oxygens (including phenoxy) is 3. The van der Waals surface area contributed by atoms with Gasteiger partial charge in [0.15, 0.2) is 6.10 Å². The summed E-state index contributed by atoms with van der Waals surface area (Å²) in [5.74, 6) is 0.729. The van der Waals surface area contributed by atoms with E-state index in [2.05, 4.69) is 34.6 Å². The molecule has 0 fully saturated rings. The number of carbonyl (C=O) groups excluding carboxylic acids is 3. The Labute approximate surface area is 310 Å². The van der Waals surface area contributed by atoms with E-state index in [1.54, 1.807) is 0 Å². The summed E-state index contributed by atoms with van der Waals surface area (Å²) >= 11 is 0. The van der Waals surface area contributed by atoms with E-state index in [1.807, 2.05) is 0 Å². The Morgan fingerprint density at radius 2 is 0.660 bits per heavy atom. The maximum atomic E-state index is 12.6. The average Bonchev–Trinajstić information content (AvgIpc) is 3.08. The summed E-state index contributed by atoms with van der Waals surface area (Å²) in [6.45, 7) is 11.2. The van der Waals surface area contributed by atoms with Crippen LogP contribution in [0.4, 0.5) is 0 Å². The van der Waals surface area contributed by atoms with E-state index in [0.29, 0.717) is 19.3 Å². The molecule has 50 heavy (non-hydrogen) atoms. The SMILES string of the molecule is CCCCCCCC(=O)OC[C@H](COC(=O)CCCCCCCCCCCCCCCCCC(C)C)OC(=O)CCCCCCCCC(C)C. The van der Waals surface area contributed by atoms with Crippen molar-refractivity contribution in [1.29, 1.82) is 0 Å². The third-order valence-electron chi connectivity index (χ3n) is 9.72. The van der Waals surface area contributed by atoms with Crippen LogP contribution >= 0.6 is 0 Å². The first-order chi connectivity index (χ1) is 24.2. The van der Waals surface area contributed by atoms with Crippen molar-refractivity contribution < 1.29 is 28.6 Å². The molecule has 0 spiro atoms. The van der Waals surface area contributed by atoms with E-state index in [4.69, 9.17) is 14.2 Å². The lowest BCUT2D eigenvalue weighted by Gasteiger charge is -2.18. The Morgan fingerprint density at radius 1 is 0.380 bits per heavy atom. The normalized spacial score (nSPS) is 12.1. The van der Waals surface area contributed by atoms with Crippen LogP contribution in [0.2, 0.25) is 0 Å². The molecule has 0 aromatic rings. The smallest absolute Gasteiger partial charge is 0.306 e. The largest absolute Gasteiger partial charge is 0.462 e. The predicted octanol–water partition coefficient (Wildman–Crippen LogP) is 13.4. The lowest BCUT2D eigenvalue weighted by Crippen LogP contribution is -2.30. The Morgan fingerprint density at radius 3 is 0.980 bits per heavy atom. The van der Waals surface area contributed by atoms with Gasteiger partial charge in [-0.2, -0.15) is 0 Å². The number of hydrogen-bond donors (Lipinski definition) is 0. The van der Waals surface area contributed by atoms with Crippen molar-refractivity contribution in [2.75, 3.05) is 13.2 Å². The van der Waals surface area contributed by atoms with Crippen molar-refractivity contribution in [2.45, 2.75) is 240 Å². The summed E-state index contributed by atoms with van der Waals surface area (Å²) in [5.41, 5.74) is 0. The molecule has 0 aromatic heterocycles. The monoisotopic (exact) mass is 709 g/mol. The van der Waals surface area contributed by atoms with Crippen molar-refractivity contribution in [3.8, 4) is 0 Å². The minimum atomic E-state index is -0.758. The first kappa shape index (κ1) is 48.4. The van der Waals surface area contributed by atoms with E-state index in [-0.39, 0.29) is 31.1 Å². The summed E-state index contributed by atoms with van der Waals surface area (Å²) in [6.07, 6.45) is 34.2. The third kappa shape index (κ3) is 37.7. The molecule has 6 heteroatoms. The summed E-state index contributed by atoms with van der Waals surface area (Å²) in [4.78, 5) is 37.3. The van der Waals surface area contributed by atoms with Gasteiger partial charge in [0.2, 0.25) is 0 Å². The van der Waals surface area contributed by atoms with E-state index in [9.17, 15) is 14.4 Å². The van der Waals surface area contributed by atoms with Crippen LogP contribution in [0.5, 0.6) is 0 Å². The molecule has 0 bridgehead atoms. The lowest BCUT2D eigenvalue weighted by atomic mass is 10.0. The quantitative estimate of drug-likeness (QED) is 0.0361. The van der Waals surface area contributed by atoms with Crippen LogP contribution in [-0.2, 0) is 28.6 Å². The molecule has 0 aliphatic carbocycles. The fourth-order valence-electron chi connectivity index (χ4n) is 6.40. The topological polar surface area (TPSA) is 78.9 Å². The molecule has 0 N–H and O–H groups in total. The minimum absolute atomic E-state index is 0.0670. The molecule has 0 aromatic carbocycles. The molecule has 1 atom stereocenters. The minimum Gasteiger partial charge on any atom is -0.462 e. The highest BCUT2D eigenvalue weighted by Gasteiger charge is 2.19. The highest BCUT2D eigenvalue weighted by Crippen LogP contribution is 2.16. The number of rotatable bonds is 38. The highest BCUT2D eigenvalue weighted by atomic mass is 16.6. The summed E-state index contributed by atoms with van der Waals surface area (Å²) in [6, 6.07) is 0. The maximum absolute atomic E-state index is 12.6. The van der Waals surface area contributed by atoms with E-state index < -0.39 is 6.10 Å². The summed E-state index contributed by atoms with van der Waals surface area (Å²) in [7, 11) is 0. The Hall–Kier alpha value is -1.59. The van der Waals surface area contributed by atoms with Crippen LogP contribution in [0.25, 0.3) is 0 Å². The molecule has 0 saturated heterocycles. The Bertz CT molecular complexity index is 764. The number of unbranched alkanes of at least 4 members (excludes halogenated alkanes) is 23. The molecular weight excluding hydrogens is 624 g/mol. The second-order valence-corrected chi connectivity index (χ2v) is 15.9. The van der Waals surface area contributed by atoms with Gasteiger partial charge in [-0.1, -0.05) is 195 Å².